The summed E-state index contributed by atoms with van der Waals surface area (Å²) in [4.78, 5) is 0. The Morgan fingerprint density at radius 2 is 1.10 bits per heavy atom. The third-order valence-corrected chi connectivity index (χ3v) is 6.60. The quantitative estimate of drug-likeness (QED) is 0.680. The monoisotopic (exact) mass is 396 g/mol. The maximum absolute atomic E-state index is 10.4. The van der Waals surface area contributed by atoms with E-state index in [2.05, 4.69) is 39.8 Å². The van der Waals surface area contributed by atoms with Crippen molar-refractivity contribution in [3.05, 3.63) is 46.5 Å². The van der Waals surface area contributed by atoms with Crippen LogP contribution in [-0.2, 0) is 23.7 Å². The van der Waals surface area contributed by atoms with E-state index in [-0.39, 0.29) is 22.3 Å². The lowest BCUT2D eigenvalue weighted by atomic mass is 9.68. The van der Waals surface area contributed by atoms with Gasteiger partial charge in [-0.05, 0) is 36.1 Å². The van der Waals surface area contributed by atoms with Gasteiger partial charge in [0.25, 0.3) is 5.79 Å². The molecular weight excluding hydrogens is 364 g/mol. The van der Waals surface area contributed by atoms with Crippen molar-refractivity contribution in [2.24, 2.45) is 0 Å². The normalized spacial score (nSPS) is 20.3. The average Bonchev–Trinajstić information content (AvgIpc) is 2.59. The molecule has 156 valence electrons. The first-order chi connectivity index (χ1) is 13.5. The molecule has 4 heteroatoms. The number of benzene rings is 2. The summed E-state index contributed by atoms with van der Waals surface area (Å²) in [7, 11) is 0. The number of fused-ring (bicyclic) bond motifs is 2. The summed E-state index contributed by atoms with van der Waals surface area (Å²) in [6, 6.07) is 7.61. The Balaban J connectivity index is 1.82. The zero-order chi connectivity index (χ0) is 21.2. The molecule has 0 saturated heterocycles. The van der Waals surface area contributed by atoms with E-state index in [9.17, 15) is 10.2 Å². The lowest BCUT2D eigenvalue weighted by molar-refractivity contribution is -0.166. The molecule has 0 atom stereocenters. The number of aromatic hydroxyl groups is 2. The van der Waals surface area contributed by atoms with Gasteiger partial charge in [0.15, 0.2) is 0 Å². The van der Waals surface area contributed by atoms with Crippen LogP contribution in [0.1, 0.15) is 76.6 Å². The molecule has 29 heavy (non-hydrogen) atoms. The van der Waals surface area contributed by atoms with E-state index in [0.717, 1.165) is 35.1 Å². The highest BCUT2D eigenvalue weighted by molar-refractivity contribution is 5.53. The van der Waals surface area contributed by atoms with Gasteiger partial charge in [0.2, 0.25) is 0 Å². The zero-order valence-electron chi connectivity index (χ0n) is 18.3. The van der Waals surface area contributed by atoms with Gasteiger partial charge in [-0.3, -0.25) is 0 Å². The third-order valence-electron chi connectivity index (χ3n) is 6.60. The van der Waals surface area contributed by atoms with E-state index in [0.29, 0.717) is 24.3 Å². The van der Waals surface area contributed by atoms with Crippen LogP contribution in [0.25, 0.3) is 0 Å². The van der Waals surface area contributed by atoms with Crippen LogP contribution >= 0.6 is 0 Å². The van der Waals surface area contributed by atoms with E-state index in [1.165, 1.54) is 0 Å². The van der Waals surface area contributed by atoms with Crippen LogP contribution in [0.2, 0.25) is 0 Å². The van der Waals surface area contributed by atoms with Crippen LogP contribution in [0, 0.1) is 0 Å². The summed E-state index contributed by atoms with van der Waals surface area (Å²) in [5.74, 6) is 1.06. The third kappa shape index (κ3) is 3.13. The molecule has 0 aliphatic carbocycles. The highest BCUT2D eigenvalue weighted by Gasteiger charge is 2.53. The van der Waals surface area contributed by atoms with Crippen molar-refractivity contribution >= 4 is 0 Å². The predicted octanol–water partition coefficient (Wildman–Crippen LogP) is 5.74. The molecule has 2 aliphatic rings. The summed E-state index contributed by atoms with van der Waals surface area (Å²) in [6.45, 7) is 12.9. The molecule has 2 N–H and O–H groups in total. The van der Waals surface area contributed by atoms with Gasteiger partial charge in [0.1, 0.15) is 23.0 Å². The van der Waals surface area contributed by atoms with E-state index < -0.39 is 5.79 Å². The molecule has 4 nitrogen and oxygen atoms in total. The number of phenols is 2. The topological polar surface area (TPSA) is 58.9 Å². The molecule has 0 bridgehead atoms. The van der Waals surface area contributed by atoms with Crippen LogP contribution in [0.15, 0.2) is 24.3 Å². The molecule has 0 aromatic heterocycles. The summed E-state index contributed by atoms with van der Waals surface area (Å²) in [5.41, 5.74) is 3.73. The van der Waals surface area contributed by atoms with Crippen molar-refractivity contribution in [1.82, 2.24) is 0 Å². The Bertz CT molecular complexity index is 892. The fourth-order valence-electron chi connectivity index (χ4n) is 5.19. The summed E-state index contributed by atoms with van der Waals surface area (Å²) < 4.78 is 13.0. The highest BCUT2D eigenvalue weighted by Crippen LogP contribution is 2.55. The molecule has 2 aromatic rings. The highest BCUT2D eigenvalue weighted by atomic mass is 16.7. The van der Waals surface area contributed by atoms with E-state index in [1.54, 1.807) is 12.1 Å². The Kier molecular flexibility index (Phi) is 4.34. The average molecular weight is 397 g/mol. The van der Waals surface area contributed by atoms with Crippen LogP contribution in [-0.4, -0.2) is 16.0 Å². The molecule has 0 amide bonds. The Hall–Kier alpha value is -2.36. The Labute approximate surface area is 173 Å². The maximum Gasteiger partial charge on any atom is 0.252 e. The SMILES string of the molecule is CCc1cc2c(cc1O)OC1(CC2(C)C)CC(C)(C)c2cc(CC)c(O)cc2O1. The zero-order valence-corrected chi connectivity index (χ0v) is 18.3. The van der Waals surface area contributed by atoms with Crippen molar-refractivity contribution in [2.75, 3.05) is 0 Å². The molecule has 1 spiro atoms. The second-order valence-corrected chi connectivity index (χ2v) is 9.90. The Morgan fingerprint density at radius 3 is 1.45 bits per heavy atom. The smallest absolute Gasteiger partial charge is 0.252 e. The van der Waals surface area contributed by atoms with Gasteiger partial charge < -0.3 is 19.7 Å². The second kappa shape index (κ2) is 6.32. The number of rotatable bonds is 2. The minimum atomic E-state index is -0.840. The number of phenolic OH excluding ortho intramolecular Hbond substituents is 2. The number of hydrogen-bond donors (Lipinski definition) is 2. The first-order valence-electron chi connectivity index (χ1n) is 10.6. The molecule has 0 fully saturated rings. The van der Waals surface area contributed by atoms with Crippen LogP contribution < -0.4 is 9.47 Å². The van der Waals surface area contributed by atoms with E-state index in [1.807, 2.05) is 13.8 Å². The van der Waals surface area contributed by atoms with Gasteiger partial charge in [-0.2, -0.15) is 0 Å². The molecular formula is C25H32O4. The van der Waals surface area contributed by atoms with Gasteiger partial charge in [0, 0.05) is 46.9 Å². The summed E-state index contributed by atoms with van der Waals surface area (Å²) in [6.07, 6.45) is 2.94. The minimum Gasteiger partial charge on any atom is -0.508 e. The lowest BCUT2D eigenvalue weighted by Crippen LogP contribution is -2.55. The van der Waals surface area contributed by atoms with Crippen LogP contribution in [0.4, 0.5) is 0 Å². The van der Waals surface area contributed by atoms with Gasteiger partial charge in [-0.15, -0.1) is 0 Å². The molecule has 0 saturated carbocycles. The number of aryl methyl sites for hydroxylation is 2. The van der Waals surface area contributed by atoms with Crippen molar-refractivity contribution in [1.29, 1.82) is 0 Å². The fourth-order valence-corrected chi connectivity index (χ4v) is 5.19. The van der Waals surface area contributed by atoms with Crippen LogP contribution in [0.3, 0.4) is 0 Å². The number of ether oxygens (including phenoxy) is 2. The van der Waals surface area contributed by atoms with Crippen molar-refractivity contribution in [3.8, 4) is 23.0 Å². The number of hydrogen-bond acceptors (Lipinski definition) is 4. The molecule has 0 unspecified atom stereocenters. The minimum absolute atomic E-state index is 0.176. The van der Waals surface area contributed by atoms with Crippen molar-refractivity contribution in [3.63, 3.8) is 0 Å². The van der Waals surface area contributed by atoms with Crippen molar-refractivity contribution < 1.29 is 19.7 Å². The van der Waals surface area contributed by atoms with Gasteiger partial charge in [0.05, 0.1) is 0 Å². The van der Waals surface area contributed by atoms with Crippen LogP contribution in [0.5, 0.6) is 23.0 Å². The molecule has 2 aliphatic heterocycles. The fraction of sp³-hybridized carbons (Fsp3) is 0.520. The van der Waals surface area contributed by atoms with E-state index in [4.69, 9.17) is 9.47 Å². The maximum atomic E-state index is 10.4. The predicted molar refractivity (Wildman–Crippen MR) is 114 cm³/mol. The first-order valence-corrected chi connectivity index (χ1v) is 10.6. The van der Waals surface area contributed by atoms with Gasteiger partial charge >= 0.3 is 0 Å². The summed E-state index contributed by atoms with van der Waals surface area (Å²) >= 11 is 0. The van der Waals surface area contributed by atoms with Gasteiger partial charge in [-0.25, -0.2) is 0 Å². The Morgan fingerprint density at radius 1 is 0.724 bits per heavy atom. The molecule has 2 aromatic carbocycles. The molecule has 0 radical (unpaired) electrons. The largest absolute Gasteiger partial charge is 0.508 e. The molecule has 4 rings (SSSR count). The second-order valence-electron chi connectivity index (χ2n) is 9.90. The van der Waals surface area contributed by atoms with Gasteiger partial charge in [-0.1, -0.05) is 41.5 Å². The lowest BCUT2D eigenvalue weighted by Gasteiger charge is -2.51. The molecule has 2 heterocycles. The standard InChI is InChI=1S/C25H32O4/c1-7-15-9-17-21(11-19(15)26)28-25(13-23(17,3)4)14-24(5,6)18-10-16(8-2)20(27)12-22(18)29-25/h9-12,26-27H,7-8,13-14H2,1-6H3. The van der Waals surface area contributed by atoms with E-state index >= 15 is 0 Å². The summed E-state index contributed by atoms with van der Waals surface area (Å²) in [5, 5.41) is 20.8. The first kappa shape index (κ1) is 19.9. The van der Waals surface area contributed by atoms with Crippen molar-refractivity contribution in [2.45, 2.75) is 83.8 Å².